The van der Waals surface area contributed by atoms with Crippen molar-refractivity contribution in [1.82, 2.24) is 24.6 Å². The van der Waals surface area contributed by atoms with Crippen LogP contribution >= 0.6 is 0 Å². The van der Waals surface area contributed by atoms with Crippen LogP contribution in [0.2, 0.25) is 0 Å². The largest absolute Gasteiger partial charge is 0.493 e. The van der Waals surface area contributed by atoms with Crippen LogP contribution in [0.1, 0.15) is 29.7 Å². The molecule has 0 spiro atoms. The average Bonchev–Trinajstić information content (AvgIpc) is 3.23. The summed E-state index contributed by atoms with van der Waals surface area (Å²) in [5.74, 6) is 1.97. The maximum atomic E-state index is 5.73. The molecule has 1 aromatic carbocycles. The lowest BCUT2D eigenvalue weighted by atomic mass is 10.0. The molecule has 0 saturated heterocycles. The number of fused-ring (bicyclic) bond motifs is 2. The Labute approximate surface area is 152 Å². The van der Waals surface area contributed by atoms with Gasteiger partial charge in [0.2, 0.25) is 0 Å². The number of ether oxygens (including phenoxy) is 1. The maximum Gasteiger partial charge on any atom is 0.160 e. The second-order valence-electron chi connectivity index (χ2n) is 7.05. The van der Waals surface area contributed by atoms with Gasteiger partial charge in [-0.1, -0.05) is 12.1 Å². The molecule has 4 heterocycles. The fraction of sp³-hybridized carbons (Fsp3) is 0.400. The van der Waals surface area contributed by atoms with E-state index in [4.69, 9.17) is 9.84 Å². The highest BCUT2D eigenvalue weighted by Crippen LogP contribution is 2.27. The lowest BCUT2D eigenvalue weighted by Crippen LogP contribution is -2.11. The summed E-state index contributed by atoms with van der Waals surface area (Å²) in [7, 11) is 0. The third-order valence-corrected chi connectivity index (χ3v) is 5.16. The summed E-state index contributed by atoms with van der Waals surface area (Å²) in [5, 5.41) is 8.24. The van der Waals surface area contributed by atoms with Crippen LogP contribution in [-0.2, 0) is 26.1 Å². The Morgan fingerprint density at radius 2 is 2.19 bits per heavy atom. The van der Waals surface area contributed by atoms with E-state index in [1.807, 2.05) is 12.4 Å². The summed E-state index contributed by atoms with van der Waals surface area (Å²) in [6.45, 7) is 4.52. The van der Waals surface area contributed by atoms with Crippen LogP contribution in [0, 0.1) is 0 Å². The molecule has 26 heavy (non-hydrogen) atoms. The molecule has 0 saturated carbocycles. The molecule has 0 fully saturated rings. The minimum absolute atomic E-state index is 0.795. The first kappa shape index (κ1) is 15.6. The first-order valence-corrected chi connectivity index (χ1v) is 9.40. The zero-order valence-corrected chi connectivity index (χ0v) is 14.8. The van der Waals surface area contributed by atoms with Gasteiger partial charge >= 0.3 is 0 Å². The van der Waals surface area contributed by atoms with Gasteiger partial charge in [-0.25, -0.2) is 4.98 Å². The number of hydrogen-bond acceptors (Lipinski definition) is 4. The highest BCUT2D eigenvalue weighted by Gasteiger charge is 2.16. The fourth-order valence-corrected chi connectivity index (χ4v) is 3.85. The zero-order chi connectivity index (χ0) is 17.3. The van der Waals surface area contributed by atoms with Gasteiger partial charge in [0.15, 0.2) is 5.82 Å². The lowest BCUT2D eigenvalue weighted by Gasteiger charge is -2.18. The van der Waals surface area contributed by atoms with Crippen molar-refractivity contribution in [1.29, 1.82) is 0 Å². The Bertz CT molecular complexity index is 903. The van der Waals surface area contributed by atoms with E-state index in [2.05, 4.69) is 43.8 Å². The SMILES string of the molecule is c1cn(Cc2ccc3c(c2)CCCO3)c(-c2cc3n(n2)CCCNC3)n1. The van der Waals surface area contributed by atoms with E-state index < -0.39 is 0 Å². The standard InChI is InChI=1S/C20H23N5O/c1-3-16-11-15(4-5-19(16)26-10-1)14-24-9-7-22-20(24)18-12-17-13-21-6-2-8-25(17)23-18/h4-5,7,9,11-12,21H,1-3,6,8,10,13-14H2. The molecule has 5 rings (SSSR count). The zero-order valence-electron chi connectivity index (χ0n) is 14.8. The number of nitrogens with one attached hydrogen (secondary N) is 1. The van der Waals surface area contributed by atoms with Gasteiger partial charge in [0.1, 0.15) is 11.4 Å². The Morgan fingerprint density at radius 3 is 3.19 bits per heavy atom. The van der Waals surface area contributed by atoms with E-state index in [0.717, 1.165) is 69.3 Å². The van der Waals surface area contributed by atoms with E-state index in [0.29, 0.717) is 0 Å². The van der Waals surface area contributed by atoms with Crippen molar-refractivity contribution in [3.05, 3.63) is 53.5 Å². The summed E-state index contributed by atoms with van der Waals surface area (Å²) >= 11 is 0. The minimum atomic E-state index is 0.795. The van der Waals surface area contributed by atoms with Gasteiger partial charge in [0.25, 0.3) is 0 Å². The molecule has 0 bridgehead atoms. The molecular formula is C20H23N5O. The number of rotatable bonds is 3. The first-order valence-electron chi connectivity index (χ1n) is 9.40. The number of nitrogens with zero attached hydrogens (tertiary/aromatic N) is 4. The van der Waals surface area contributed by atoms with E-state index in [1.54, 1.807) is 0 Å². The monoisotopic (exact) mass is 349 g/mol. The molecule has 3 aromatic rings. The van der Waals surface area contributed by atoms with Gasteiger partial charge in [-0.3, -0.25) is 4.68 Å². The van der Waals surface area contributed by atoms with E-state index >= 15 is 0 Å². The molecule has 134 valence electrons. The quantitative estimate of drug-likeness (QED) is 0.790. The average molecular weight is 349 g/mol. The molecule has 0 aliphatic carbocycles. The molecule has 0 amide bonds. The van der Waals surface area contributed by atoms with Crippen molar-refractivity contribution in [3.8, 4) is 17.3 Å². The van der Waals surface area contributed by atoms with Gasteiger partial charge in [-0.2, -0.15) is 5.10 Å². The molecule has 2 aliphatic rings. The molecule has 2 aliphatic heterocycles. The molecule has 1 N–H and O–H groups in total. The molecule has 6 heteroatoms. The Balaban J connectivity index is 1.43. The number of benzene rings is 1. The predicted molar refractivity (Wildman–Crippen MR) is 99.1 cm³/mol. The number of hydrogen-bond donors (Lipinski definition) is 1. The van der Waals surface area contributed by atoms with Crippen LogP contribution in [-0.4, -0.2) is 32.5 Å². The Kier molecular flexibility index (Phi) is 3.97. The summed E-state index contributed by atoms with van der Waals surface area (Å²) in [6, 6.07) is 8.69. The number of aromatic nitrogens is 4. The summed E-state index contributed by atoms with van der Waals surface area (Å²) < 4.78 is 10.0. The first-order chi connectivity index (χ1) is 12.9. The molecule has 6 nitrogen and oxygen atoms in total. The van der Waals surface area contributed by atoms with Gasteiger partial charge < -0.3 is 14.6 Å². The Hall–Kier alpha value is -2.60. The van der Waals surface area contributed by atoms with Crippen molar-refractivity contribution >= 4 is 0 Å². The summed E-state index contributed by atoms with van der Waals surface area (Å²) in [5.41, 5.74) is 4.78. The van der Waals surface area contributed by atoms with Crippen LogP contribution in [0.3, 0.4) is 0 Å². The normalized spacial score (nSPS) is 16.5. The van der Waals surface area contributed by atoms with E-state index in [-0.39, 0.29) is 0 Å². The van der Waals surface area contributed by atoms with Crippen LogP contribution in [0.5, 0.6) is 5.75 Å². The van der Waals surface area contributed by atoms with Gasteiger partial charge in [0, 0.05) is 32.0 Å². The smallest absolute Gasteiger partial charge is 0.160 e. The topological polar surface area (TPSA) is 56.9 Å². The number of imidazole rings is 1. The Morgan fingerprint density at radius 1 is 1.19 bits per heavy atom. The molecule has 0 atom stereocenters. The third kappa shape index (κ3) is 2.90. The van der Waals surface area contributed by atoms with Crippen molar-refractivity contribution in [2.45, 2.75) is 38.9 Å². The third-order valence-electron chi connectivity index (χ3n) is 5.16. The van der Waals surface area contributed by atoms with Crippen molar-refractivity contribution in [2.24, 2.45) is 0 Å². The second-order valence-corrected chi connectivity index (χ2v) is 7.05. The van der Waals surface area contributed by atoms with Gasteiger partial charge in [0.05, 0.1) is 12.3 Å². The van der Waals surface area contributed by atoms with Crippen LogP contribution in [0.4, 0.5) is 0 Å². The van der Waals surface area contributed by atoms with E-state index in [1.165, 1.54) is 16.8 Å². The minimum Gasteiger partial charge on any atom is -0.493 e. The van der Waals surface area contributed by atoms with Crippen molar-refractivity contribution < 1.29 is 4.74 Å². The van der Waals surface area contributed by atoms with Crippen molar-refractivity contribution in [2.75, 3.05) is 13.2 Å². The highest BCUT2D eigenvalue weighted by atomic mass is 16.5. The molecule has 0 radical (unpaired) electrons. The molecule has 0 unspecified atom stereocenters. The van der Waals surface area contributed by atoms with E-state index in [9.17, 15) is 0 Å². The van der Waals surface area contributed by atoms with Gasteiger partial charge in [-0.05, 0) is 49.1 Å². The van der Waals surface area contributed by atoms with Crippen LogP contribution in [0.25, 0.3) is 11.5 Å². The lowest BCUT2D eigenvalue weighted by molar-refractivity contribution is 0.288. The molecular weight excluding hydrogens is 326 g/mol. The molecule has 2 aromatic heterocycles. The number of aryl methyl sites for hydroxylation is 2. The van der Waals surface area contributed by atoms with Gasteiger partial charge in [-0.15, -0.1) is 0 Å². The summed E-state index contributed by atoms with van der Waals surface area (Å²) in [4.78, 5) is 4.58. The summed E-state index contributed by atoms with van der Waals surface area (Å²) in [6.07, 6.45) is 7.20. The van der Waals surface area contributed by atoms with Crippen LogP contribution < -0.4 is 10.1 Å². The highest BCUT2D eigenvalue weighted by molar-refractivity contribution is 5.51. The van der Waals surface area contributed by atoms with Crippen LogP contribution in [0.15, 0.2) is 36.7 Å². The maximum absolute atomic E-state index is 5.73. The predicted octanol–water partition coefficient (Wildman–Crippen LogP) is 2.61. The van der Waals surface area contributed by atoms with Crippen molar-refractivity contribution in [3.63, 3.8) is 0 Å². The second kappa shape index (κ2) is 6.61. The fourth-order valence-electron chi connectivity index (χ4n) is 3.85.